The van der Waals surface area contributed by atoms with Gasteiger partial charge in [0, 0.05) is 43.9 Å². The molecule has 0 radical (unpaired) electrons. The van der Waals surface area contributed by atoms with Gasteiger partial charge in [0.05, 0.1) is 0 Å². The van der Waals surface area contributed by atoms with Crippen molar-refractivity contribution in [2.75, 3.05) is 26.2 Å². The molecule has 0 aliphatic heterocycles. The second kappa shape index (κ2) is 10.7. The molecular weight excluding hydrogens is 440 g/mol. The molecule has 9 nitrogen and oxygen atoms in total. The van der Waals surface area contributed by atoms with Gasteiger partial charge in [0.2, 0.25) is 5.75 Å². The first-order valence-corrected chi connectivity index (χ1v) is 11.2. The van der Waals surface area contributed by atoms with E-state index < -0.39 is 29.1 Å². The van der Waals surface area contributed by atoms with Gasteiger partial charge in [0.1, 0.15) is 16.7 Å². The van der Waals surface area contributed by atoms with Crippen molar-refractivity contribution in [2.24, 2.45) is 0 Å². The van der Waals surface area contributed by atoms with Gasteiger partial charge in [-0.1, -0.05) is 30.3 Å². The highest BCUT2D eigenvalue weighted by molar-refractivity contribution is 5.92. The zero-order chi connectivity index (χ0) is 24.8. The van der Waals surface area contributed by atoms with E-state index in [1.807, 2.05) is 6.07 Å². The van der Waals surface area contributed by atoms with Crippen molar-refractivity contribution in [3.05, 3.63) is 52.7 Å². The molecule has 0 unspecified atom stereocenters. The van der Waals surface area contributed by atoms with Crippen molar-refractivity contribution in [3.8, 4) is 28.6 Å². The van der Waals surface area contributed by atoms with Crippen LogP contribution in [0.15, 0.2) is 51.7 Å². The summed E-state index contributed by atoms with van der Waals surface area (Å²) >= 11 is 0. The van der Waals surface area contributed by atoms with Crippen LogP contribution in [0.2, 0.25) is 0 Å². The van der Waals surface area contributed by atoms with Gasteiger partial charge in [-0.25, -0.2) is 9.59 Å². The van der Waals surface area contributed by atoms with Crippen LogP contribution in [0.5, 0.6) is 17.2 Å². The molecule has 3 rings (SSSR count). The third-order valence-electron chi connectivity index (χ3n) is 5.40. The second-order valence-electron chi connectivity index (χ2n) is 7.35. The Kier molecular flexibility index (Phi) is 7.78. The molecule has 180 valence electrons. The molecule has 0 bridgehead atoms. The number of hydrogen-bond acceptors (Lipinski definition) is 7. The average Bonchev–Trinajstić information content (AvgIpc) is 2.83. The number of hydrogen-bond donors (Lipinski definition) is 1. The van der Waals surface area contributed by atoms with Gasteiger partial charge in [-0.05, 0) is 27.7 Å². The minimum absolute atomic E-state index is 0.0196. The van der Waals surface area contributed by atoms with Crippen LogP contribution in [0.4, 0.5) is 9.59 Å². The van der Waals surface area contributed by atoms with E-state index in [1.54, 1.807) is 52.0 Å². The largest absolute Gasteiger partial charge is 0.504 e. The number of carbonyl (C=O) groups excluding carboxylic acids is 2. The molecule has 2 aromatic carbocycles. The molecule has 0 fully saturated rings. The summed E-state index contributed by atoms with van der Waals surface area (Å²) in [6.07, 6.45) is -1.46. The molecule has 1 heterocycles. The fraction of sp³-hybridized carbons (Fsp3) is 0.320. The van der Waals surface area contributed by atoms with Crippen molar-refractivity contribution < 1.29 is 28.6 Å². The van der Waals surface area contributed by atoms with Crippen LogP contribution in [0.1, 0.15) is 27.7 Å². The lowest BCUT2D eigenvalue weighted by Crippen LogP contribution is -2.34. The molecule has 0 saturated carbocycles. The lowest BCUT2D eigenvalue weighted by molar-refractivity contribution is 0.145. The maximum Gasteiger partial charge on any atom is 0.415 e. The predicted octanol–water partition coefficient (Wildman–Crippen LogP) is 4.85. The Morgan fingerprint density at radius 3 is 2.00 bits per heavy atom. The third kappa shape index (κ3) is 4.98. The fourth-order valence-electron chi connectivity index (χ4n) is 3.45. The SMILES string of the molecule is CCN(CC)C(=O)Oc1cc2oc(-c3ccccc3)cc(=O)c2c(O)c1OC(=O)N(CC)CC. The maximum absolute atomic E-state index is 12.9. The number of amides is 2. The first-order valence-electron chi connectivity index (χ1n) is 11.2. The molecule has 0 saturated heterocycles. The molecule has 1 aromatic heterocycles. The molecule has 9 heteroatoms. The van der Waals surface area contributed by atoms with E-state index in [-0.39, 0.29) is 22.5 Å². The van der Waals surface area contributed by atoms with E-state index in [1.165, 1.54) is 21.9 Å². The van der Waals surface area contributed by atoms with Crippen molar-refractivity contribution in [2.45, 2.75) is 27.7 Å². The van der Waals surface area contributed by atoms with Gasteiger partial charge in [0.15, 0.2) is 16.9 Å². The maximum atomic E-state index is 12.9. The fourth-order valence-corrected chi connectivity index (χ4v) is 3.45. The van der Waals surface area contributed by atoms with Gasteiger partial charge in [-0.2, -0.15) is 0 Å². The number of carbonyl (C=O) groups is 2. The van der Waals surface area contributed by atoms with Crippen molar-refractivity contribution in [1.29, 1.82) is 0 Å². The standard InChI is InChI=1S/C25H28N2O7/c1-5-26(6-2)24(30)33-20-15-19-21(22(29)23(20)34-25(31)27(7-3)8-4)17(28)14-18(32-19)16-12-10-9-11-13-16/h9-15,29H,5-8H2,1-4H3. The van der Waals surface area contributed by atoms with Gasteiger partial charge >= 0.3 is 12.2 Å². The van der Waals surface area contributed by atoms with Gasteiger partial charge in [-0.3, -0.25) is 4.79 Å². The zero-order valence-corrected chi connectivity index (χ0v) is 19.7. The number of fused-ring (bicyclic) bond motifs is 1. The van der Waals surface area contributed by atoms with Crippen LogP contribution in [0, 0.1) is 0 Å². The van der Waals surface area contributed by atoms with E-state index in [9.17, 15) is 19.5 Å². The summed E-state index contributed by atoms with van der Waals surface area (Å²) < 4.78 is 16.8. The number of aromatic hydroxyl groups is 1. The highest BCUT2D eigenvalue weighted by Crippen LogP contribution is 2.43. The third-order valence-corrected chi connectivity index (χ3v) is 5.40. The Bertz CT molecular complexity index is 1230. The van der Waals surface area contributed by atoms with Crippen LogP contribution >= 0.6 is 0 Å². The highest BCUT2D eigenvalue weighted by atomic mass is 16.6. The number of benzene rings is 2. The minimum atomic E-state index is -0.759. The Labute approximate surface area is 197 Å². The van der Waals surface area contributed by atoms with Crippen molar-refractivity contribution in [1.82, 2.24) is 9.80 Å². The Morgan fingerprint density at radius 2 is 1.44 bits per heavy atom. The molecular formula is C25H28N2O7. The molecule has 3 aromatic rings. The number of ether oxygens (including phenoxy) is 2. The summed E-state index contributed by atoms with van der Waals surface area (Å²) in [6, 6.07) is 11.5. The first-order chi connectivity index (χ1) is 16.3. The number of nitrogens with zero attached hydrogens (tertiary/aromatic N) is 2. The topological polar surface area (TPSA) is 110 Å². The number of phenols is 1. The Hall–Kier alpha value is -4.01. The van der Waals surface area contributed by atoms with E-state index in [0.717, 1.165) is 0 Å². The Morgan fingerprint density at radius 1 is 0.882 bits per heavy atom. The molecule has 34 heavy (non-hydrogen) atoms. The van der Waals surface area contributed by atoms with Gasteiger partial charge < -0.3 is 28.8 Å². The quantitative estimate of drug-likeness (QED) is 0.528. The van der Waals surface area contributed by atoms with E-state index in [2.05, 4.69) is 0 Å². The molecule has 0 aliphatic rings. The van der Waals surface area contributed by atoms with E-state index in [0.29, 0.717) is 31.7 Å². The second-order valence-corrected chi connectivity index (χ2v) is 7.35. The lowest BCUT2D eigenvalue weighted by atomic mass is 10.1. The van der Waals surface area contributed by atoms with Crippen LogP contribution < -0.4 is 14.9 Å². The summed E-state index contributed by atoms with van der Waals surface area (Å²) in [7, 11) is 0. The van der Waals surface area contributed by atoms with Crippen LogP contribution in [0.25, 0.3) is 22.3 Å². The highest BCUT2D eigenvalue weighted by Gasteiger charge is 2.26. The van der Waals surface area contributed by atoms with Gasteiger partial charge in [0.25, 0.3) is 0 Å². The molecule has 0 aliphatic carbocycles. The van der Waals surface area contributed by atoms with Crippen molar-refractivity contribution in [3.63, 3.8) is 0 Å². The van der Waals surface area contributed by atoms with E-state index in [4.69, 9.17) is 13.9 Å². The average molecular weight is 469 g/mol. The smallest absolute Gasteiger partial charge is 0.415 e. The molecule has 0 atom stereocenters. The summed E-state index contributed by atoms with van der Waals surface area (Å²) in [5.74, 6) is -1.04. The number of phenolic OH excluding ortho intramolecular Hbond substituents is 1. The number of rotatable bonds is 7. The van der Waals surface area contributed by atoms with Crippen molar-refractivity contribution >= 4 is 23.2 Å². The predicted molar refractivity (Wildman–Crippen MR) is 127 cm³/mol. The van der Waals surface area contributed by atoms with Crippen LogP contribution in [-0.2, 0) is 0 Å². The first kappa shape index (κ1) is 24.6. The molecule has 1 N–H and O–H groups in total. The summed E-state index contributed by atoms with van der Waals surface area (Å²) in [4.78, 5) is 41.0. The molecule has 2 amide bonds. The van der Waals surface area contributed by atoms with Crippen LogP contribution in [-0.4, -0.2) is 53.3 Å². The summed E-state index contributed by atoms with van der Waals surface area (Å²) in [5.41, 5.74) is 0.0907. The normalized spacial score (nSPS) is 10.7. The van der Waals surface area contributed by atoms with Gasteiger partial charge in [-0.15, -0.1) is 0 Å². The zero-order valence-electron chi connectivity index (χ0n) is 19.7. The summed E-state index contributed by atoms with van der Waals surface area (Å²) in [5, 5.41) is 10.8. The monoisotopic (exact) mass is 468 g/mol. The summed E-state index contributed by atoms with van der Waals surface area (Å²) in [6.45, 7) is 8.61. The van der Waals surface area contributed by atoms with Crippen LogP contribution in [0.3, 0.4) is 0 Å². The van der Waals surface area contributed by atoms with E-state index >= 15 is 0 Å². The molecule has 0 spiro atoms. The lowest BCUT2D eigenvalue weighted by Gasteiger charge is -2.21. The minimum Gasteiger partial charge on any atom is -0.504 e. The Balaban J connectivity index is 2.19.